The molecule has 0 amide bonds. The first-order valence-corrected chi connectivity index (χ1v) is 10.3. The molecule has 0 saturated carbocycles. The zero-order valence-electron chi connectivity index (χ0n) is 17.5. The van der Waals surface area contributed by atoms with Crippen LogP contribution < -0.4 is 19.6 Å². The molecule has 1 aromatic heterocycles. The van der Waals surface area contributed by atoms with Crippen molar-refractivity contribution in [2.24, 2.45) is 0 Å². The third-order valence-electron chi connectivity index (χ3n) is 5.51. The summed E-state index contributed by atoms with van der Waals surface area (Å²) in [6, 6.07) is 20.0. The van der Waals surface area contributed by atoms with Gasteiger partial charge in [0.15, 0.2) is 17.3 Å². The molecule has 0 N–H and O–H groups in total. The van der Waals surface area contributed by atoms with Crippen LogP contribution in [0.2, 0.25) is 0 Å². The summed E-state index contributed by atoms with van der Waals surface area (Å²) in [5.74, 6) is 1.53. The summed E-state index contributed by atoms with van der Waals surface area (Å²) in [5.41, 5.74) is 1.90. The number of pyridine rings is 1. The van der Waals surface area contributed by atoms with Crippen molar-refractivity contribution in [2.75, 3.05) is 20.3 Å². The fourth-order valence-electron chi connectivity index (χ4n) is 3.93. The minimum absolute atomic E-state index is 0.114. The van der Waals surface area contributed by atoms with Crippen molar-refractivity contribution >= 4 is 16.7 Å². The predicted molar refractivity (Wildman–Crippen MR) is 121 cm³/mol. The highest BCUT2D eigenvalue weighted by Crippen LogP contribution is 2.34. The van der Waals surface area contributed by atoms with Gasteiger partial charge in [0.1, 0.15) is 19.0 Å². The Morgan fingerprint density at radius 1 is 0.969 bits per heavy atom. The number of aromatic nitrogens is 1. The third-order valence-corrected chi connectivity index (χ3v) is 5.51. The van der Waals surface area contributed by atoms with E-state index in [4.69, 9.17) is 14.2 Å². The van der Waals surface area contributed by atoms with Crippen LogP contribution >= 0.6 is 0 Å². The van der Waals surface area contributed by atoms with Crippen molar-refractivity contribution in [1.82, 2.24) is 4.57 Å². The van der Waals surface area contributed by atoms with Crippen molar-refractivity contribution in [1.29, 1.82) is 0 Å². The molecular weight excluding hydrogens is 406 g/mol. The largest absolute Gasteiger partial charge is 0.497 e. The number of fused-ring (bicyclic) bond motifs is 2. The van der Waals surface area contributed by atoms with E-state index in [1.807, 2.05) is 41.0 Å². The summed E-state index contributed by atoms with van der Waals surface area (Å²) in [6.07, 6.45) is 1.63. The first-order valence-electron chi connectivity index (χ1n) is 10.3. The molecule has 4 aromatic rings. The lowest BCUT2D eigenvalue weighted by Crippen LogP contribution is -2.21. The van der Waals surface area contributed by atoms with Crippen LogP contribution in [-0.4, -0.2) is 30.7 Å². The predicted octanol–water partition coefficient (Wildman–Crippen LogP) is 4.06. The van der Waals surface area contributed by atoms with E-state index >= 15 is 0 Å². The van der Waals surface area contributed by atoms with Gasteiger partial charge in [0.2, 0.25) is 5.43 Å². The number of rotatable bonds is 5. The summed E-state index contributed by atoms with van der Waals surface area (Å²) in [7, 11) is 1.62. The Hall–Kier alpha value is -4.06. The molecule has 1 aliphatic heterocycles. The van der Waals surface area contributed by atoms with Gasteiger partial charge in [-0.15, -0.1) is 0 Å². The summed E-state index contributed by atoms with van der Waals surface area (Å²) >= 11 is 0. The van der Waals surface area contributed by atoms with Crippen molar-refractivity contribution < 1.29 is 19.0 Å². The Labute approximate surface area is 184 Å². The smallest absolute Gasteiger partial charge is 0.200 e. The van der Waals surface area contributed by atoms with Crippen LogP contribution in [0.4, 0.5) is 0 Å². The van der Waals surface area contributed by atoms with Gasteiger partial charge in [-0.05, 0) is 23.8 Å². The SMILES string of the molecule is COc1cccc(Cn2cc(C(=O)c3ccccc3)c(=O)c3cc4c(cc32)OCCO4)c1. The van der Waals surface area contributed by atoms with Gasteiger partial charge >= 0.3 is 0 Å². The first kappa shape index (κ1) is 19.9. The van der Waals surface area contributed by atoms with Crippen LogP contribution in [0.1, 0.15) is 21.5 Å². The Bertz CT molecular complexity index is 1370. The van der Waals surface area contributed by atoms with E-state index in [2.05, 4.69) is 0 Å². The molecule has 2 heterocycles. The molecule has 160 valence electrons. The number of ether oxygens (including phenoxy) is 3. The average molecular weight is 427 g/mol. The highest BCUT2D eigenvalue weighted by molar-refractivity contribution is 6.10. The van der Waals surface area contributed by atoms with Crippen molar-refractivity contribution in [3.63, 3.8) is 0 Å². The zero-order valence-corrected chi connectivity index (χ0v) is 17.5. The maximum atomic E-state index is 13.4. The summed E-state index contributed by atoms with van der Waals surface area (Å²) < 4.78 is 18.7. The van der Waals surface area contributed by atoms with Crippen LogP contribution in [0.25, 0.3) is 10.9 Å². The van der Waals surface area contributed by atoms with E-state index in [1.165, 1.54) is 0 Å². The molecule has 1 aliphatic rings. The molecule has 0 unspecified atom stereocenters. The van der Waals surface area contributed by atoms with Crippen LogP contribution in [0.5, 0.6) is 17.2 Å². The fraction of sp³-hybridized carbons (Fsp3) is 0.154. The lowest BCUT2D eigenvalue weighted by molar-refractivity contribution is 0.103. The first-order chi connectivity index (χ1) is 15.6. The molecule has 0 aliphatic carbocycles. The van der Waals surface area contributed by atoms with E-state index in [0.29, 0.717) is 47.7 Å². The molecule has 32 heavy (non-hydrogen) atoms. The molecule has 6 nitrogen and oxygen atoms in total. The van der Waals surface area contributed by atoms with Gasteiger partial charge in [-0.1, -0.05) is 42.5 Å². The maximum absolute atomic E-state index is 13.4. The number of nitrogens with zero attached hydrogens (tertiary/aromatic N) is 1. The summed E-state index contributed by atoms with van der Waals surface area (Å²) in [5, 5.41) is 0.416. The van der Waals surface area contributed by atoms with Crippen molar-refractivity contribution in [3.8, 4) is 17.2 Å². The second kappa shape index (κ2) is 8.23. The Kier molecular flexibility index (Phi) is 5.11. The third kappa shape index (κ3) is 3.60. The minimum atomic E-state index is -0.326. The number of hydrogen-bond acceptors (Lipinski definition) is 5. The van der Waals surface area contributed by atoms with Crippen LogP contribution in [0.15, 0.2) is 77.7 Å². The quantitative estimate of drug-likeness (QED) is 0.450. The van der Waals surface area contributed by atoms with Gasteiger partial charge < -0.3 is 18.8 Å². The molecule has 0 saturated heterocycles. The molecule has 6 heteroatoms. The number of carbonyl (C=O) groups excluding carboxylic acids is 1. The molecule has 0 atom stereocenters. The van der Waals surface area contributed by atoms with Crippen molar-refractivity contribution in [3.05, 3.63) is 99.8 Å². The fourth-order valence-corrected chi connectivity index (χ4v) is 3.93. The molecule has 0 bridgehead atoms. The molecular formula is C26H21NO5. The lowest BCUT2D eigenvalue weighted by Gasteiger charge is -2.21. The van der Waals surface area contributed by atoms with E-state index < -0.39 is 0 Å². The molecule has 3 aromatic carbocycles. The summed E-state index contributed by atoms with van der Waals surface area (Å²) in [4.78, 5) is 26.6. The Balaban J connectivity index is 1.71. The molecule has 5 rings (SSSR count). The van der Waals surface area contributed by atoms with Gasteiger partial charge in [-0.3, -0.25) is 9.59 Å². The normalized spacial score (nSPS) is 12.5. The van der Waals surface area contributed by atoms with Gasteiger partial charge in [0.05, 0.1) is 23.6 Å². The maximum Gasteiger partial charge on any atom is 0.200 e. The number of carbonyl (C=O) groups is 1. The number of ketones is 1. The number of benzene rings is 3. The molecule has 0 radical (unpaired) electrons. The monoisotopic (exact) mass is 427 g/mol. The minimum Gasteiger partial charge on any atom is -0.497 e. The van der Waals surface area contributed by atoms with E-state index in [1.54, 1.807) is 43.6 Å². The second-order valence-corrected chi connectivity index (χ2v) is 7.56. The molecule has 0 fully saturated rings. The topological polar surface area (TPSA) is 66.8 Å². The lowest BCUT2D eigenvalue weighted by atomic mass is 10.0. The highest BCUT2D eigenvalue weighted by atomic mass is 16.6. The molecule has 0 spiro atoms. The Morgan fingerprint density at radius 3 is 2.47 bits per heavy atom. The van der Waals surface area contributed by atoms with E-state index in [-0.39, 0.29) is 16.8 Å². The zero-order chi connectivity index (χ0) is 22.1. The standard InChI is InChI=1S/C26H21NO5/c1-30-19-9-5-6-17(12-19)15-27-16-21(25(28)18-7-3-2-4-8-18)26(29)20-13-23-24(14-22(20)27)32-11-10-31-23/h2-9,12-14,16H,10-11,15H2,1H3. The highest BCUT2D eigenvalue weighted by Gasteiger charge is 2.21. The van der Waals surface area contributed by atoms with Gasteiger partial charge in [0, 0.05) is 24.4 Å². The van der Waals surface area contributed by atoms with Gasteiger partial charge in [0.25, 0.3) is 0 Å². The van der Waals surface area contributed by atoms with Crippen LogP contribution in [-0.2, 0) is 6.54 Å². The number of hydrogen-bond donors (Lipinski definition) is 0. The number of methoxy groups -OCH3 is 1. The van der Waals surface area contributed by atoms with E-state index in [9.17, 15) is 9.59 Å². The summed E-state index contributed by atoms with van der Waals surface area (Å²) in [6.45, 7) is 1.31. The Morgan fingerprint density at radius 2 is 1.72 bits per heavy atom. The van der Waals surface area contributed by atoms with Crippen LogP contribution in [0, 0.1) is 0 Å². The van der Waals surface area contributed by atoms with Gasteiger partial charge in [-0.25, -0.2) is 0 Å². The van der Waals surface area contributed by atoms with Crippen LogP contribution in [0.3, 0.4) is 0 Å². The average Bonchev–Trinajstić information content (AvgIpc) is 2.85. The van der Waals surface area contributed by atoms with Crippen molar-refractivity contribution in [2.45, 2.75) is 6.54 Å². The van der Waals surface area contributed by atoms with Gasteiger partial charge in [-0.2, -0.15) is 0 Å². The second-order valence-electron chi connectivity index (χ2n) is 7.56. The van der Waals surface area contributed by atoms with E-state index in [0.717, 1.165) is 11.3 Å².